The Morgan fingerprint density at radius 3 is 2.53 bits per heavy atom. The highest BCUT2D eigenvalue weighted by molar-refractivity contribution is 5.89. The summed E-state index contributed by atoms with van der Waals surface area (Å²) in [5.74, 6) is 1.12. The van der Waals surface area contributed by atoms with Gasteiger partial charge in [0.1, 0.15) is 5.52 Å². The Bertz CT molecular complexity index is 1020. The van der Waals surface area contributed by atoms with Gasteiger partial charge in [-0.05, 0) is 31.5 Å². The molecular formula is C23H27N5O2. The van der Waals surface area contributed by atoms with Gasteiger partial charge in [0.25, 0.3) is 0 Å². The van der Waals surface area contributed by atoms with Crippen LogP contribution in [0.5, 0.6) is 0 Å². The molecule has 2 saturated heterocycles. The molecule has 156 valence electrons. The van der Waals surface area contributed by atoms with Crippen molar-refractivity contribution in [3.63, 3.8) is 0 Å². The lowest BCUT2D eigenvalue weighted by Crippen LogP contribution is -2.36. The number of aliphatic hydroxyl groups is 1. The Kier molecular flexibility index (Phi) is 5.23. The third kappa shape index (κ3) is 3.70. The molecule has 0 aliphatic carbocycles. The fourth-order valence-electron chi connectivity index (χ4n) is 4.36. The van der Waals surface area contributed by atoms with Crippen LogP contribution in [-0.4, -0.2) is 65.6 Å². The van der Waals surface area contributed by atoms with Crippen molar-refractivity contribution in [2.75, 3.05) is 49.2 Å². The van der Waals surface area contributed by atoms with E-state index in [0.717, 1.165) is 73.9 Å². The average molecular weight is 406 g/mol. The van der Waals surface area contributed by atoms with Crippen molar-refractivity contribution in [3.05, 3.63) is 42.7 Å². The quantitative estimate of drug-likeness (QED) is 0.715. The maximum atomic E-state index is 10.0. The molecule has 7 heteroatoms. The number of pyridine rings is 1. The fraction of sp³-hybridized carbons (Fsp3) is 0.435. The number of nitrogens with zero attached hydrogens (tertiary/aromatic N) is 5. The van der Waals surface area contributed by atoms with E-state index in [0.29, 0.717) is 0 Å². The first-order valence-electron chi connectivity index (χ1n) is 10.7. The third-order valence-corrected chi connectivity index (χ3v) is 6.18. The van der Waals surface area contributed by atoms with Crippen LogP contribution in [0.2, 0.25) is 0 Å². The molecule has 2 fully saturated rings. The first kappa shape index (κ1) is 19.2. The van der Waals surface area contributed by atoms with Crippen LogP contribution >= 0.6 is 0 Å². The molecule has 0 amide bonds. The Morgan fingerprint density at radius 2 is 1.80 bits per heavy atom. The van der Waals surface area contributed by atoms with Crippen molar-refractivity contribution in [2.45, 2.75) is 19.4 Å². The molecule has 2 aliphatic heterocycles. The first-order valence-corrected chi connectivity index (χ1v) is 10.7. The van der Waals surface area contributed by atoms with Crippen LogP contribution < -0.4 is 9.80 Å². The van der Waals surface area contributed by atoms with E-state index in [9.17, 15) is 5.11 Å². The van der Waals surface area contributed by atoms with Gasteiger partial charge in [0, 0.05) is 55.7 Å². The van der Waals surface area contributed by atoms with Gasteiger partial charge in [-0.1, -0.05) is 12.1 Å². The molecule has 2 aliphatic rings. The number of ether oxygens (including phenoxy) is 1. The van der Waals surface area contributed by atoms with Crippen LogP contribution in [0.1, 0.15) is 13.3 Å². The predicted octanol–water partition coefficient (Wildman–Crippen LogP) is 2.74. The molecule has 2 aromatic heterocycles. The van der Waals surface area contributed by atoms with Crippen LogP contribution in [0.4, 0.5) is 11.5 Å². The standard InChI is InChI=1S/C23H27N5O2/c1-16(29)18-6-9-28(15-18)23-22-21(24-7-8-25-22)14-20(26-23)17-2-4-19(5-3-17)27-10-12-30-13-11-27/h2-5,7-8,14,16,18,29H,6,9-13,15H2,1H3/t16-,18-/m0/s1. The summed E-state index contributed by atoms with van der Waals surface area (Å²) < 4.78 is 5.45. The number of hydrogen-bond donors (Lipinski definition) is 1. The summed E-state index contributed by atoms with van der Waals surface area (Å²) in [6.45, 7) is 6.92. The summed E-state index contributed by atoms with van der Waals surface area (Å²) in [7, 11) is 0. The van der Waals surface area contributed by atoms with Gasteiger partial charge < -0.3 is 19.6 Å². The lowest BCUT2D eigenvalue weighted by Gasteiger charge is -2.29. The van der Waals surface area contributed by atoms with Crippen LogP contribution in [-0.2, 0) is 4.74 Å². The van der Waals surface area contributed by atoms with Gasteiger partial charge in [-0.3, -0.25) is 4.98 Å². The molecule has 0 unspecified atom stereocenters. The Hall–Kier alpha value is -2.77. The van der Waals surface area contributed by atoms with Crippen LogP contribution in [0.3, 0.4) is 0 Å². The Morgan fingerprint density at radius 1 is 1.03 bits per heavy atom. The second-order valence-corrected chi connectivity index (χ2v) is 8.14. The van der Waals surface area contributed by atoms with Gasteiger partial charge in [-0.2, -0.15) is 0 Å². The van der Waals surface area contributed by atoms with Crippen molar-refractivity contribution in [3.8, 4) is 11.3 Å². The zero-order valence-electron chi connectivity index (χ0n) is 17.2. The second kappa shape index (κ2) is 8.16. The highest BCUT2D eigenvalue weighted by atomic mass is 16.5. The fourth-order valence-corrected chi connectivity index (χ4v) is 4.36. The topological polar surface area (TPSA) is 74.6 Å². The van der Waals surface area contributed by atoms with Crippen molar-refractivity contribution in [1.29, 1.82) is 0 Å². The summed E-state index contributed by atoms with van der Waals surface area (Å²) in [4.78, 5) is 18.7. The van der Waals surface area contributed by atoms with E-state index in [4.69, 9.17) is 9.72 Å². The summed E-state index contributed by atoms with van der Waals surface area (Å²) in [6.07, 6.45) is 4.08. The first-order chi connectivity index (χ1) is 14.7. The number of hydrogen-bond acceptors (Lipinski definition) is 7. The van der Waals surface area contributed by atoms with Crippen molar-refractivity contribution in [1.82, 2.24) is 15.0 Å². The minimum Gasteiger partial charge on any atom is -0.393 e. The molecule has 2 atom stereocenters. The van der Waals surface area contributed by atoms with Gasteiger partial charge >= 0.3 is 0 Å². The molecule has 5 rings (SSSR count). The summed E-state index contributed by atoms with van der Waals surface area (Å²) in [5, 5.41) is 10.0. The van der Waals surface area contributed by atoms with Crippen molar-refractivity contribution >= 4 is 22.5 Å². The molecule has 3 aromatic rings. The average Bonchev–Trinajstić information content (AvgIpc) is 3.30. The molecular weight excluding hydrogens is 378 g/mol. The monoisotopic (exact) mass is 405 g/mol. The minimum atomic E-state index is -0.316. The zero-order chi connectivity index (χ0) is 20.5. The zero-order valence-corrected chi connectivity index (χ0v) is 17.2. The van der Waals surface area contributed by atoms with E-state index < -0.39 is 0 Å². The van der Waals surface area contributed by atoms with Gasteiger partial charge in [0.2, 0.25) is 0 Å². The number of fused-ring (bicyclic) bond motifs is 1. The number of aliphatic hydroxyl groups excluding tert-OH is 1. The number of morpholine rings is 1. The van der Waals surface area contributed by atoms with Gasteiger partial charge in [-0.15, -0.1) is 0 Å². The van der Waals surface area contributed by atoms with E-state index in [1.807, 2.05) is 13.0 Å². The molecule has 1 aromatic carbocycles. The van der Waals surface area contributed by atoms with E-state index in [1.165, 1.54) is 5.69 Å². The maximum Gasteiger partial charge on any atom is 0.157 e. The Balaban J connectivity index is 1.49. The normalized spacial score (nSPS) is 20.7. The number of aromatic nitrogens is 3. The lowest BCUT2D eigenvalue weighted by atomic mass is 10.0. The Labute approximate surface area is 176 Å². The second-order valence-electron chi connectivity index (χ2n) is 8.14. The molecule has 0 radical (unpaired) electrons. The minimum absolute atomic E-state index is 0.259. The highest BCUT2D eigenvalue weighted by Gasteiger charge is 2.28. The number of benzene rings is 1. The van der Waals surface area contributed by atoms with Crippen LogP contribution in [0, 0.1) is 5.92 Å². The van der Waals surface area contributed by atoms with Crippen LogP contribution in [0.25, 0.3) is 22.3 Å². The maximum absolute atomic E-state index is 10.0. The van der Waals surface area contributed by atoms with Crippen molar-refractivity contribution in [2.24, 2.45) is 5.92 Å². The van der Waals surface area contributed by atoms with Gasteiger partial charge in [0.05, 0.1) is 30.5 Å². The SMILES string of the molecule is C[C@H](O)[C@H]1CCN(c2nc(-c3ccc(N4CCOCC4)cc3)cc3nccnc23)C1. The summed E-state index contributed by atoms with van der Waals surface area (Å²) in [6, 6.07) is 10.6. The largest absolute Gasteiger partial charge is 0.393 e. The summed E-state index contributed by atoms with van der Waals surface area (Å²) in [5.41, 5.74) is 4.83. The van der Waals surface area contributed by atoms with Gasteiger partial charge in [-0.25, -0.2) is 9.97 Å². The molecule has 4 heterocycles. The third-order valence-electron chi connectivity index (χ3n) is 6.18. The predicted molar refractivity (Wildman–Crippen MR) is 118 cm³/mol. The van der Waals surface area contributed by atoms with E-state index in [-0.39, 0.29) is 12.0 Å². The summed E-state index contributed by atoms with van der Waals surface area (Å²) >= 11 is 0. The molecule has 1 N–H and O–H groups in total. The molecule has 0 spiro atoms. The molecule has 30 heavy (non-hydrogen) atoms. The lowest BCUT2D eigenvalue weighted by molar-refractivity contribution is 0.122. The number of rotatable bonds is 4. The highest BCUT2D eigenvalue weighted by Crippen LogP contribution is 2.32. The number of anilines is 2. The smallest absolute Gasteiger partial charge is 0.157 e. The van der Waals surface area contributed by atoms with Crippen molar-refractivity contribution < 1.29 is 9.84 Å². The molecule has 0 saturated carbocycles. The van der Waals surface area contributed by atoms with Gasteiger partial charge in [0.15, 0.2) is 5.82 Å². The molecule has 7 nitrogen and oxygen atoms in total. The van der Waals surface area contributed by atoms with E-state index in [1.54, 1.807) is 12.4 Å². The van der Waals surface area contributed by atoms with E-state index in [2.05, 4.69) is 44.0 Å². The van der Waals surface area contributed by atoms with E-state index >= 15 is 0 Å². The van der Waals surface area contributed by atoms with Crippen LogP contribution in [0.15, 0.2) is 42.7 Å². The molecule has 0 bridgehead atoms.